The zero-order chi connectivity index (χ0) is 14.4. The van der Waals surface area contributed by atoms with Crippen molar-refractivity contribution in [3.05, 3.63) is 24.0 Å². The molecule has 18 heavy (non-hydrogen) atoms. The molecule has 0 atom stereocenters. The summed E-state index contributed by atoms with van der Waals surface area (Å²) in [6.07, 6.45) is 1.11. The molecule has 0 saturated carbocycles. The summed E-state index contributed by atoms with van der Waals surface area (Å²) in [6.45, 7) is 4.31. The zero-order valence-electron chi connectivity index (χ0n) is 11.5. The zero-order valence-corrected chi connectivity index (χ0v) is 11.5. The van der Waals surface area contributed by atoms with Crippen LogP contribution in [0.15, 0.2) is 18.2 Å². The lowest BCUT2D eigenvalue weighted by molar-refractivity contribution is -0.108. The molecule has 0 unspecified atom stereocenters. The van der Waals surface area contributed by atoms with Crippen LogP contribution in [0, 0.1) is 5.82 Å². The second-order valence-electron chi connectivity index (χ2n) is 2.69. The molecule has 1 aromatic carbocycles. The Balaban J connectivity index is 0. The highest BCUT2D eigenvalue weighted by molar-refractivity contribution is 5.56. The van der Waals surface area contributed by atoms with Crippen molar-refractivity contribution in [3.63, 3.8) is 0 Å². The average molecular weight is 258 g/mol. The van der Waals surface area contributed by atoms with Crippen LogP contribution in [0.4, 0.5) is 10.1 Å². The number of anilines is 1. The Morgan fingerprint density at radius 2 is 2.00 bits per heavy atom. The first-order chi connectivity index (χ1) is 8.77. The van der Waals surface area contributed by atoms with E-state index in [0.29, 0.717) is 24.5 Å². The first-order valence-corrected chi connectivity index (χ1v) is 5.89. The van der Waals surface area contributed by atoms with E-state index in [4.69, 9.17) is 4.74 Å². The molecule has 0 aliphatic carbocycles. The Hall–Kier alpha value is -1.62. The van der Waals surface area contributed by atoms with Gasteiger partial charge >= 0.3 is 0 Å². The van der Waals surface area contributed by atoms with E-state index in [-0.39, 0.29) is 5.82 Å². The summed E-state index contributed by atoms with van der Waals surface area (Å²) >= 11 is 0. The molecule has 1 aromatic rings. The number of nitrogens with two attached hydrogens (primary N) is 1. The fraction of sp³-hybridized carbons (Fsp3) is 0.462. The third kappa shape index (κ3) is 7.62. The van der Waals surface area contributed by atoms with Crippen LogP contribution in [-0.4, -0.2) is 27.0 Å². The molecule has 0 aliphatic heterocycles. The highest BCUT2D eigenvalue weighted by Crippen LogP contribution is 2.24. The van der Waals surface area contributed by atoms with E-state index in [1.807, 2.05) is 13.8 Å². The second kappa shape index (κ2) is 13.4. The average Bonchev–Trinajstić information content (AvgIpc) is 2.45. The fourth-order valence-corrected chi connectivity index (χ4v) is 1.04. The smallest absolute Gasteiger partial charge is 0.142 e. The molecule has 0 radical (unpaired) electrons. The molecule has 4 nitrogen and oxygen atoms in total. The minimum atomic E-state index is -0.322. The van der Waals surface area contributed by atoms with Gasteiger partial charge in [0.05, 0.1) is 12.3 Å². The van der Waals surface area contributed by atoms with E-state index in [1.54, 1.807) is 7.05 Å². The largest absolute Gasteiger partial charge is 0.491 e. The second-order valence-corrected chi connectivity index (χ2v) is 2.69. The van der Waals surface area contributed by atoms with Gasteiger partial charge in [-0.2, -0.15) is 0 Å². The lowest BCUT2D eigenvalue weighted by Gasteiger charge is -2.09. The van der Waals surface area contributed by atoms with Gasteiger partial charge in [-0.05, 0) is 19.2 Å². The number of halogens is 1. The third-order valence-electron chi connectivity index (χ3n) is 1.70. The van der Waals surface area contributed by atoms with Crippen molar-refractivity contribution in [3.8, 4) is 5.75 Å². The predicted molar refractivity (Wildman–Crippen MR) is 73.6 cm³/mol. The maximum absolute atomic E-state index is 12.8. The van der Waals surface area contributed by atoms with Crippen molar-refractivity contribution >= 4 is 12.0 Å². The lowest BCUT2D eigenvalue weighted by atomic mass is 10.3. The first kappa shape index (κ1) is 18.7. The van der Waals surface area contributed by atoms with Gasteiger partial charge in [0.1, 0.15) is 17.9 Å². The topological polar surface area (TPSA) is 64.3 Å². The number of hydrogen-bond acceptors (Lipinski definition) is 4. The number of carbonyl (C=O) groups excluding carboxylic acids is 1. The summed E-state index contributed by atoms with van der Waals surface area (Å²) in [7, 11) is 3.18. The molecule has 0 bridgehead atoms. The Bertz CT molecular complexity index is 320. The SMILES string of the molecule is CC.CN.CNc1cc(F)ccc1OCCC=O. The van der Waals surface area contributed by atoms with E-state index in [2.05, 4.69) is 11.1 Å². The van der Waals surface area contributed by atoms with Gasteiger partial charge in [0.25, 0.3) is 0 Å². The van der Waals surface area contributed by atoms with Crippen LogP contribution in [0.5, 0.6) is 5.75 Å². The van der Waals surface area contributed by atoms with Crippen LogP contribution in [0.25, 0.3) is 0 Å². The molecule has 5 heteroatoms. The van der Waals surface area contributed by atoms with Gasteiger partial charge in [0.2, 0.25) is 0 Å². The molecule has 0 aromatic heterocycles. The first-order valence-electron chi connectivity index (χ1n) is 5.89. The van der Waals surface area contributed by atoms with Crippen molar-refractivity contribution in [2.75, 3.05) is 26.0 Å². The van der Waals surface area contributed by atoms with Gasteiger partial charge in [-0.1, -0.05) is 13.8 Å². The van der Waals surface area contributed by atoms with E-state index < -0.39 is 0 Å². The van der Waals surface area contributed by atoms with Crippen molar-refractivity contribution in [2.24, 2.45) is 5.73 Å². The quantitative estimate of drug-likeness (QED) is 0.629. The minimum absolute atomic E-state index is 0.309. The molecular weight excluding hydrogens is 235 g/mol. The van der Waals surface area contributed by atoms with Crippen molar-refractivity contribution in [1.82, 2.24) is 0 Å². The molecule has 0 fully saturated rings. The third-order valence-corrected chi connectivity index (χ3v) is 1.70. The number of ether oxygens (including phenoxy) is 1. The van der Waals surface area contributed by atoms with Gasteiger partial charge in [0, 0.05) is 19.5 Å². The van der Waals surface area contributed by atoms with Gasteiger partial charge < -0.3 is 20.6 Å². The summed E-state index contributed by atoms with van der Waals surface area (Å²) in [4.78, 5) is 10.0. The van der Waals surface area contributed by atoms with Crippen LogP contribution in [0.3, 0.4) is 0 Å². The van der Waals surface area contributed by atoms with E-state index >= 15 is 0 Å². The van der Waals surface area contributed by atoms with Crippen LogP contribution in [0.1, 0.15) is 20.3 Å². The molecule has 0 aliphatic rings. The molecule has 3 N–H and O–H groups in total. The molecule has 0 saturated heterocycles. The standard InChI is InChI=1S/C10H12FNO2.C2H6.CH5N/c1-12-9-7-8(11)3-4-10(9)14-6-2-5-13;2*1-2/h3-5,7,12H,2,6H2,1H3;1-2H3;2H2,1H3. The predicted octanol–water partition coefficient (Wildman–Crippen LogP) is 2.44. The Morgan fingerprint density at radius 3 is 2.50 bits per heavy atom. The maximum Gasteiger partial charge on any atom is 0.142 e. The minimum Gasteiger partial charge on any atom is -0.491 e. The number of hydrogen-bond donors (Lipinski definition) is 2. The molecule has 0 heterocycles. The van der Waals surface area contributed by atoms with E-state index in [0.717, 1.165) is 6.29 Å². The highest BCUT2D eigenvalue weighted by atomic mass is 19.1. The summed E-state index contributed by atoms with van der Waals surface area (Å²) in [5.41, 5.74) is 5.08. The molecule has 0 amide bonds. The Kier molecular flexibility index (Phi) is 14.0. The Labute approximate surface area is 108 Å². The summed E-state index contributed by atoms with van der Waals surface area (Å²) in [5.74, 6) is 0.229. The number of benzene rings is 1. The van der Waals surface area contributed by atoms with Crippen LogP contribution in [-0.2, 0) is 4.79 Å². The normalized spacial score (nSPS) is 8.11. The van der Waals surface area contributed by atoms with Gasteiger partial charge in [-0.3, -0.25) is 0 Å². The monoisotopic (exact) mass is 258 g/mol. The number of carbonyl (C=O) groups is 1. The molecule has 104 valence electrons. The van der Waals surface area contributed by atoms with Gasteiger partial charge in [0.15, 0.2) is 0 Å². The molecule has 1 rings (SSSR count). The fourth-order valence-electron chi connectivity index (χ4n) is 1.04. The van der Waals surface area contributed by atoms with Gasteiger partial charge in [-0.15, -0.1) is 0 Å². The Morgan fingerprint density at radius 1 is 1.39 bits per heavy atom. The number of rotatable bonds is 5. The van der Waals surface area contributed by atoms with Crippen LogP contribution < -0.4 is 15.8 Å². The molecule has 0 spiro atoms. The van der Waals surface area contributed by atoms with Crippen molar-refractivity contribution < 1.29 is 13.9 Å². The summed E-state index contributed by atoms with van der Waals surface area (Å²) in [5, 5.41) is 2.81. The summed E-state index contributed by atoms with van der Waals surface area (Å²) < 4.78 is 18.0. The van der Waals surface area contributed by atoms with E-state index in [1.165, 1.54) is 25.2 Å². The highest BCUT2D eigenvalue weighted by Gasteiger charge is 2.02. The van der Waals surface area contributed by atoms with Gasteiger partial charge in [-0.25, -0.2) is 4.39 Å². The number of nitrogens with one attached hydrogen (secondary N) is 1. The van der Waals surface area contributed by atoms with E-state index in [9.17, 15) is 9.18 Å². The maximum atomic E-state index is 12.8. The number of aldehydes is 1. The van der Waals surface area contributed by atoms with Crippen molar-refractivity contribution in [2.45, 2.75) is 20.3 Å². The lowest BCUT2D eigenvalue weighted by Crippen LogP contribution is -2.01. The molecular formula is C13H23FN2O2. The van der Waals surface area contributed by atoms with Crippen LogP contribution in [0.2, 0.25) is 0 Å². The summed E-state index contributed by atoms with van der Waals surface area (Å²) in [6, 6.07) is 4.19. The van der Waals surface area contributed by atoms with Crippen molar-refractivity contribution in [1.29, 1.82) is 0 Å². The van der Waals surface area contributed by atoms with Crippen LogP contribution >= 0.6 is 0 Å².